The standard InChI is InChI=1S/C28H37F2N3O/c1-4-33-19(2)15-20-16-22(34)5-6-23(20)27(33)26-24(29)17-21(18-25(26)30)32-13-9-28(10-14-32)7-11-31(3)12-8-28/h5-6,16-19,27,34H,4,7-15H2,1-3H3/t19-,27?/m1/s1. The van der Waals surface area contributed by atoms with Gasteiger partial charge in [0.1, 0.15) is 17.4 Å². The Balaban J connectivity index is 1.43. The number of hydrogen-bond donors (Lipinski definition) is 1. The van der Waals surface area contributed by atoms with E-state index in [9.17, 15) is 5.11 Å². The second-order valence-electron chi connectivity index (χ2n) is 10.8. The lowest BCUT2D eigenvalue weighted by molar-refractivity contribution is 0.0944. The normalized spacial score (nSPS) is 25.5. The summed E-state index contributed by atoms with van der Waals surface area (Å²) in [5.74, 6) is -0.768. The molecule has 2 saturated heterocycles. The average molecular weight is 470 g/mol. The van der Waals surface area contributed by atoms with Gasteiger partial charge in [-0.05, 0) is 107 Å². The SMILES string of the molecule is CCN1C(c2c(F)cc(N3CCC4(CCN(C)CC4)CC3)cc2F)c2ccc(O)cc2C[C@H]1C. The Bertz CT molecular complexity index is 1020. The number of likely N-dealkylation sites (tertiary alicyclic amines) is 1. The molecule has 0 aromatic heterocycles. The molecular weight excluding hydrogens is 432 g/mol. The summed E-state index contributed by atoms with van der Waals surface area (Å²) in [5, 5.41) is 9.98. The van der Waals surface area contributed by atoms with Gasteiger partial charge in [-0.3, -0.25) is 4.90 Å². The minimum Gasteiger partial charge on any atom is -0.508 e. The lowest BCUT2D eigenvalue weighted by atomic mass is 9.71. The molecule has 3 aliphatic heterocycles. The molecule has 2 atom stereocenters. The van der Waals surface area contributed by atoms with E-state index in [1.165, 1.54) is 25.0 Å². The number of halogens is 2. The van der Waals surface area contributed by atoms with Crippen LogP contribution in [0.5, 0.6) is 5.75 Å². The summed E-state index contributed by atoms with van der Waals surface area (Å²) in [6, 6.07) is 7.88. The third kappa shape index (κ3) is 4.20. The first-order valence-electron chi connectivity index (χ1n) is 12.8. The van der Waals surface area contributed by atoms with Crippen molar-refractivity contribution in [3.8, 4) is 5.75 Å². The Kier molecular flexibility index (Phi) is 6.32. The van der Waals surface area contributed by atoms with Crippen molar-refractivity contribution in [3.63, 3.8) is 0 Å². The van der Waals surface area contributed by atoms with Crippen LogP contribution in [-0.4, -0.2) is 60.7 Å². The number of benzene rings is 2. The molecule has 184 valence electrons. The van der Waals surface area contributed by atoms with Crippen LogP contribution in [0.1, 0.15) is 62.3 Å². The smallest absolute Gasteiger partial charge is 0.133 e. The number of nitrogens with zero attached hydrogens (tertiary/aromatic N) is 3. The second kappa shape index (κ2) is 9.12. The highest BCUT2D eigenvalue weighted by Gasteiger charge is 2.38. The molecule has 5 rings (SSSR count). The number of hydrogen-bond acceptors (Lipinski definition) is 4. The van der Waals surface area contributed by atoms with Crippen molar-refractivity contribution in [1.29, 1.82) is 0 Å². The molecule has 0 aliphatic carbocycles. The topological polar surface area (TPSA) is 30.0 Å². The van der Waals surface area contributed by atoms with Gasteiger partial charge in [0.15, 0.2) is 0 Å². The van der Waals surface area contributed by atoms with Crippen molar-refractivity contribution in [2.45, 2.75) is 58.0 Å². The predicted octanol–water partition coefficient (Wildman–Crippen LogP) is 5.34. The Hall–Kier alpha value is -2.18. The lowest BCUT2D eigenvalue weighted by Crippen LogP contribution is -2.46. The van der Waals surface area contributed by atoms with Crippen LogP contribution in [0.25, 0.3) is 0 Å². The quantitative estimate of drug-likeness (QED) is 0.657. The monoisotopic (exact) mass is 469 g/mol. The Morgan fingerprint density at radius 3 is 2.21 bits per heavy atom. The van der Waals surface area contributed by atoms with E-state index in [2.05, 4.69) is 28.7 Å². The summed E-state index contributed by atoms with van der Waals surface area (Å²) in [6.07, 6.45) is 5.38. The lowest BCUT2D eigenvalue weighted by Gasteiger charge is -2.47. The van der Waals surface area contributed by atoms with Gasteiger partial charge in [-0.15, -0.1) is 0 Å². The molecule has 3 heterocycles. The highest BCUT2D eigenvalue weighted by molar-refractivity contribution is 5.52. The van der Waals surface area contributed by atoms with E-state index < -0.39 is 17.7 Å². The Labute approximate surface area is 202 Å². The van der Waals surface area contributed by atoms with Crippen LogP contribution < -0.4 is 4.90 Å². The first-order chi connectivity index (χ1) is 16.3. The molecule has 6 heteroatoms. The summed E-state index contributed by atoms with van der Waals surface area (Å²) in [7, 11) is 2.18. The fourth-order valence-electron chi connectivity index (χ4n) is 6.57. The van der Waals surface area contributed by atoms with Gasteiger partial charge in [-0.2, -0.15) is 0 Å². The maximum Gasteiger partial charge on any atom is 0.133 e. The minimum atomic E-state index is -0.498. The summed E-state index contributed by atoms with van der Waals surface area (Å²) >= 11 is 0. The number of rotatable bonds is 3. The molecule has 4 nitrogen and oxygen atoms in total. The van der Waals surface area contributed by atoms with Crippen LogP contribution in [0.2, 0.25) is 0 Å². The zero-order valence-electron chi connectivity index (χ0n) is 20.7. The number of phenols is 1. The molecule has 0 bridgehead atoms. The molecule has 2 aromatic rings. The van der Waals surface area contributed by atoms with Gasteiger partial charge < -0.3 is 14.9 Å². The maximum atomic E-state index is 15.7. The number of aromatic hydroxyl groups is 1. The highest BCUT2D eigenvalue weighted by Crippen LogP contribution is 2.44. The number of anilines is 1. The largest absolute Gasteiger partial charge is 0.508 e. The summed E-state index contributed by atoms with van der Waals surface area (Å²) in [5.41, 5.74) is 3.01. The van der Waals surface area contributed by atoms with Crippen LogP contribution >= 0.6 is 0 Å². The van der Waals surface area contributed by atoms with E-state index in [0.717, 1.165) is 56.6 Å². The highest BCUT2D eigenvalue weighted by atomic mass is 19.1. The zero-order valence-corrected chi connectivity index (χ0v) is 20.7. The van der Waals surface area contributed by atoms with Gasteiger partial charge in [0.05, 0.1) is 6.04 Å². The molecule has 1 unspecified atom stereocenters. The molecule has 0 saturated carbocycles. The third-order valence-corrected chi connectivity index (χ3v) is 8.77. The fraction of sp³-hybridized carbons (Fsp3) is 0.571. The van der Waals surface area contributed by atoms with E-state index in [0.29, 0.717) is 17.6 Å². The number of phenolic OH excluding ortho intramolecular Hbond substituents is 1. The van der Waals surface area contributed by atoms with Gasteiger partial charge >= 0.3 is 0 Å². The Morgan fingerprint density at radius 2 is 1.59 bits per heavy atom. The fourth-order valence-corrected chi connectivity index (χ4v) is 6.57. The molecular formula is C28H37F2N3O. The molecule has 1 N–H and O–H groups in total. The molecule has 3 aliphatic rings. The van der Waals surface area contributed by atoms with Gasteiger partial charge in [0.2, 0.25) is 0 Å². The van der Waals surface area contributed by atoms with Crippen molar-refractivity contribution in [2.75, 3.05) is 44.7 Å². The van der Waals surface area contributed by atoms with Gasteiger partial charge in [-0.1, -0.05) is 13.0 Å². The first-order valence-corrected chi connectivity index (χ1v) is 12.8. The van der Waals surface area contributed by atoms with Crippen LogP contribution in [0.4, 0.5) is 14.5 Å². The predicted molar refractivity (Wildman–Crippen MR) is 132 cm³/mol. The van der Waals surface area contributed by atoms with Crippen molar-refractivity contribution < 1.29 is 13.9 Å². The molecule has 0 amide bonds. The molecule has 2 aromatic carbocycles. The van der Waals surface area contributed by atoms with Crippen molar-refractivity contribution in [2.24, 2.45) is 5.41 Å². The second-order valence-corrected chi connectivity index (χ2v) is 10.8. The third-order valence-electron chi connectivity index (χ3n) is 8.77. The Morgan fingerprint density at radius 1 is 0.971 bits per heavy atom. The van der Waals surface area contributed by atoms with E-state index >= 15 is 8.78 Å². The van der Waals surface area contributed by atoms with Gasteiger partial charge in [0.25, 0.3) is 0 Å². The summed E-state index contributed by atoms with van der Waals surface area (Å²) in [6.45, 7) is 8.80. The van der Waals surface area contributed by atoms with Gasteiger partial charge in [-0.25, -0.2) is 8.78 Å². The number of piperidine rings is 2. The average Bonchev–Trinajstić information content (AvgIpc) is 2.81. The van der Waals surface area contributed by atoms with E-state index in [1.807, 2.05) is 13.0 Å². The zero-order chi connectivity index (χ0) is 24.0. The van der Waals surface area contributed by atoms with Crippen LogP contribution in [0, 0.1) is 17.0 Å². The summed E-state index contributed by atoms with van der Waals surface area (Å²) in [4.78, 5) is 6.71. The van der Waals surface area contributed by atoms with Crippen LogP contribution in [-0.2, 0) is 6.42 Å². The van der Waals surface area contributed by atoms with E-state index in [-0.39, 0.29) is 17.4 Å². The molecule has 2 fully saturated rings. The molecule has 0 radical (unpaired) electrons. The van der Waals surface area contributed by atoms with Crippen molar-refractivity contribution in [3.05, 3.63) is 58.7 Å². The number of fused-ring (bicyclic) bond motifs is 1. The maximum absolute atomic E-state index is 15.7. The van der Waals surface area contributed by atoms with Crippen molar-refractivity contribution in [1.82, 2.24) is 9.80 Å². The molecule has 34 heavy (non-hydrogen) atoms. The van der Waals surface area contributed by atoms with Crippen LogP contribution in [0.3, 0.4) is 0 Å². The van der Waals surface area contributed by atoms with Crippen LogP contribution in [0.15, 0.2) is 30.3 Å². The van der Waals surface area contributed by atoms with Crippen molar-refractivity contribution >= 4 is 5.69 Å². The first kappa shape index (κ1) is 23.6. The van der Waals surface area contributed by atoms with E-state index in [4.69, 9.17) is 0 Å². The minimum absolute atomic E-state index is 0.118. The number of likely N-dealkylation sites (N-methyl/N-ethyl adjacent to an activating group) is 1. The summed E-state index contributed by atoms with van der Waals surface area (Å²) < 4.78 is 31.4. The van der Waals surface area contributed by atoms with Gasteiger partial charge in [0, 0.05) is 30.4 Å². The molecule has 1 spiro atoms. The van der Waals surface area contributed by atoms with E-state index in [1.54, 1.807) is 12.1 Å².